The highest BCUT2D eigenvalue weighted by atomic mass is 16.6. The van der Waals surface area contributed by atoms with E-state index in [1.165, 1.54) is 6.92 Å². The van der Waals surface area contributed by atoms with Crippen LogP contribution in [0.2, 0.25) is 0 Å². The largest absolute Gasteiger partial charge is 0.503 e. The molecule has 1 atom stereocenters. The second kappa shape index (κ2) is 3.95. The van der Waals surface area contributed by atoms with E-state index in [1.807, 2.05) is 0 Å². The molecular formula is C13H11NO7. The molecule has 3 heterocycles. The number of aromatic nitrogens is 1. The summed E-state index contributed by atoms with van der Waals surface area (Å²) in [4.78, 5) is 35.8. The first-order chi connectivity index (χ1) is 9.82. The molecule has 0 saturated heterocycles. The van der Waals surface area contributed by atoms with Crippen molar-refractivity contribution in [2.24, 2.45) is 0 Å². The van der Waals surface area contributed by atoms with Crippen molar-refractivity contribution in [2.75, 3.05) is 0 Å². The highest BCUT2D eigenvalue weighted by Gasteiger charge is 2.46. The Bertz CT molecular complexity index is 788. The van der Waals surface area contributed by atoms with Gasteiger partial charge in [0.05, 0.1) is 11.3 Å². The maximum Gasteiger partial charge on any atom is 0.343 e. The van der Waals surface area contributed by atoms with E-state index >= 15 is 0 Å². The normalized spacial score (nSPS) is 23.9. The van der Waals surface area contributed by atoms with Gasteiger partial charge in [-0.15, -0.1) is 0 Å². The zero-order valence-corrected chi connectivity index (χ0v) is 10.9. The van der Waals surface area contributed by atoms with E-state index in [1.54, 1.807) is 0 Å². The number of aliphatic hydroxyl groups excluding tert-OH is 2. The Morgan fingerprint density at radius 3 is 2.57 bits per heavy atom. The maximum atomic E-state index is 12.3. The summed E-state index contributed by atoms with van der Waals surface area (Å²) in [5.74, 6) is -3.69. The molecule has 1 aromatic heterocycles. The molecule has 0 radical (unpaired) electrons. The lowest BCUT2D eigenvalue weighted by Gasteiger charge is -2.31. The van der Waals surface area contributed by atoms with Crippen LogP contribution in [0.1, 0.15) is 35.0 Å². The van der Waals surface area contributed by atoms with E-state index in [-0.39, 0.29) is 29.8 Å². The molecule has 0 bridgehead atoms. The SMILES string of the molecule is CC[C@@]1(O)C(=O)OCc2c1cc1n(c2=O)C(=O)C(O)=C1O. The van der Waals surface area contributed by atoms with Crippen LogP contribution in [0.5, 0.6) is 0 Å². The van der Waals surface area contributed by atoms with Gasteiger partial charge in [-0.2, -0.15) is 0 Å². The van der Waals surface area contributed by atoms with Gasteiger partial charge in [0.2, 0.25) is 5.76 Å². The van der Waals surface area contributed by atoms with Gasteiger partial charge < -0.3 is 20.1 Å². The van der Waals surface area contributed by atoms with Gasteiger partial charge in [0.15, 0.2) is 11.4 Å². The van der Waals surface area contributed by atoms with E-state index in [2.05, 4.69) is 0 Å². The summed E-state index contributed by atoms with van der Waals surface area (Å²) in [6.07, 6.45) is -0.0495. The third-order valence-electron chi connectivity index (χ3n) is 3.82. The number of nitrogens with zero attached hydrogens (tertiary/aromatic N) is 1. The van der Waals surface area contributed by atoms with Crippen molar-refractivity contribution in [2.45, 2.75) is 25.6 Å². The van der Waals surface area contributed by atoms with Crippen LogP contribution in [-0.2, 0) is 21.7 Å². The Kier molecular flexibility index (Phi) is 2.52. The molecule has 1 aromatic rings. The molecule has 0 saturated carbocycles. The monoisotopic (exact) mass is 293 g/mol. The Morgan fingerprint density at radius 1 is 1.29 bits per heavy atom. The molecule has 110 valence electrons. The Balaban J connectivity index is 2.38. The van der Waals surface area contributed by atoms with E-state index in [0.717, 1.165) is 6.07 Å². The third kappa shape index (κ3) is 1.44. The lowest BCUT2D eigenvalue weighted by Crippen LogP contribution is -2.45. The standard InChI is InChI=1S/C13H11NO7/c1-2-13(20)6-3-7-8(15)9(16)11(18)14(7)10(17)5(6)4-21-12(13)19/h3,15-16,20H,2,4H2,1H3/t13-/m0/s1. The van der Waals surface area contributed by atoms with Crippen molar-refractivity contribution in [1.82, 2.24) is 4.57 Å². The van der Waals surface area contributed by atoms with Gasteiger partial charge in [-0.05, 0) is 12.5 Å². The number of hydrogen-bond acceptors (Lipinski definition) is 7. The predicted octanol–water partition coefficient (Wildman–Crippen LogP) is -0.0589. The molecule has 8 heteroatoms. The van der Waals surface area contributed by atoms with Gasteiger partial charge in [-0.3, -0.25) is 9.59 Å². The van der Waals surface area contributed by atoms with Crippen molar-refractivity contribution in [3.63, 3.8) is 0 Å². The first-order valence-corrected chi connectivity index (χ1v) is 6.19. The minimum atomic E-state index is -2.02. The number of rotatable bonds is 1. The maximum absolute atomic E-state index is 12.3. The summed E-state index contributed by atoms with van der Waals surface area (Å²) >= 11 is 0. The number of aliphatic hydroxyl groups is 3. The van der Waals surface area contributed by atoms with Gasteiger partial charge in [0, 0.05) is 5.56 Å². The first kappa shape index (κ1) is 13.4. The summed E-state index contributed by atoms with van der Waals surface area (Å²) < 4.78 is 5.37. The average Bonchev–Trinajstić information content (AvgIpc) is 2.68. The van der Waals surface area contributed by atoms with Crippen LogP contribution in [0, 0.1) is 0 Å². The van der Waals surface area contributed by atoms with Crippen LogP contribution in [0.3, 0.4) is 0 Å². The molecule has 0 fully saturated rings. The smallest absolute Gasteiger partial charge is 0.343 e. The van der Waals surface area contributed by atoms with Crippen LogP contribution in [0.25, 0.3) is 5.76 Å². The van der Waals surface area contributed by atoms with Crippen LogP contribution < -0.4 is 5.56 Å². The van der Waals surface area contributed by atoms with Crippen LogP contribution in [0.4, 0.5) is 0 Å². The van der Waals surface area contributed by atoms with Crippen molar-refractivity contribution < 1.29 is 29.6 Å². The van der Waals surface area contributed by atoms with Crippen LogP contribution >= 0.6 is 0 Å². The molecule has 0 aromatic carbocycles. The number of esters is 1. The van der Waals surface area contributed by atoms with E-state index in [9.17, 15) is 29.7 Å². The summed E-state index contributed by atoms with van der Waals surface area (Å²) in [5, 5.41) is 29.6. The van der Waals surface area contributed by atoms with Gasteiger partial charge in [0.25, 0.3) is 5.56 Å². The second-order valence-electron chi connectivity index (χ2n) is 4.85. The molecule has 3 rings (SSSR count). The number of pyridine rings is 1. The third-order valence-corrected chi connectivity index (χ3v) is 3.82. The number of cyclic esters (lactones) is 1. The summed E-state index contributed by atoms with van der Waals surface area (Å²) in [6.45, 7) is 1.14. The minimum absolute atomic E-state index is 0.0217. The number of carbonyl (C=O) groups excluding carboxylic acids is 2. The lowest BCUT2D eigenvalue weighted by atomic mass is 9.86. The number of fused-ring (bicyclic) bond motifs is 2. The zero-order chi connectivity index (χ0) is 15.5. The Morgan fingerprint density at radius 2 is 1.95 bits per heavy atom. The van der Waals surface area contributed by atoms with Crippen LogP contribution in [-0.4, -0.2) is 31.8 Å². The van der Waals surface area contributed by atoms with E-state index in [4.69, 9.17) is 4.74 Å². The fourth-order valence-corrected chi connectivity index (χ4v) is 2.56. The predicted molar refractivity (Wildman–Crippen MR) is 67.5 cm³/mol. The van der Waals surface area contributed by atoms with Crippen molar-refractivity contribution in [3.8, 4) is 0 Å². The number of allylic oxidation sites excluding steroid dienone is 1. The van der Waals surface area contributed by atoms with E-state index in [0.29, 0.717) is 4.57 Å². The fourth-order valence-electron chi connectivity index (χ4n) is 2.56. The van der Waals surface area contributed by atoms with E-state index < -0.39 is 34.6 Å². The number of carbonyl (C=O) groups is 2. The molecule has 2 aliphatic rings. The molecule has 21 heavy (non-hydrogen) atoms. The van der Waals surface area contributed by atoms with Gasteiger partial charge >= 0.3 is 11.9 Å². The molecule has 8 nitrogen and oxygen atoms in total. The van der Waals surface area contributed by atoms with Crippen molar-refractivity contribution in [3.05, 3.63) is 39.0 Å². The molecule has 0 aliphatic carbocycles. The van der Waals surface area contributed by atoms with Crippen molar-refractivity contribution in [1.29, 1.82) is 0 Å². The average molecular weight is 293 g/mol. The van der Waals surface area contributed by atoms with Crippen molar-refractivity contribution >= 4 is 17.6 Å². The lowest BCUT2D eigenvalue weighted by molar-refractivity contribution is -0.172. The highest BCUT2D eigenvalue weighted by Crippen LogP contribution is 2.35. The van der Waals surface area contributed by atoms with Crippen LogP contribution in [0.15, 0.2) is 16.6 Å². The molecule has 3 N–H and O–H groups in total. The summed E-state index contributed by atoms with van der Waals surface area (Å²) in [7, 11) is 0. The Labute approximate surface area is 117 Å². The van der Waals surface area contributed by atoms with Gasteiger partial charge in [-0.1, -0.05) is 6.92 Å². The number of hydrogen-bond donors (Lipinski definition) is 3. The fraction of sp³-hybridized carbons (Fsp3) is 0.308. The molecule has 0 unspecified atom stereocenters. The minimum Gasteiger partial charge on any atom is -0.503 e. The summed E-state index contributed by atoms with van der Waals surface area (Å²) in [6, 6.07) is 1.15. The first-order valence-electron chi connectivity index (χ1n) is 6.19. The zero-order valence-electron chi connectivity index (χ0n) is 10.9. The quantitative estimate of drug-likeness (QED) is 0.619. The van der Waals surface area contributed by atoms with Gasteiger partial charge in [0.1, 0.15) is 6.61 Å². The molecule has 2 aliphatic heterocycles. The topological polar surface area (TPSA) is 126 Å². The second-order valence-corrected chi connectivity index (χ2v) is 4.85. The molecule has 0 amide bonds. The molecule has 0 spiro atoms. The summed E-state index contributed by atoms with van der Waals surface area (Å²) in [5.41, 5.74) is -3.21. The Hall–Kier alpha value is -2.61. The number of ether oxygens (including phenoxy) is 1. The molecular weight excluding hydrogens is 282 g/mol. The van der Waals surface area contributed by atoms with Gasteiger partial charge in [-0.25, -0.2) is 9.36 Å². The highest BCUT2D eigenvalue weighted by molar-refractivity contribution is 6.04.